The van der Waals surface area contributed by atoms with Crippen molar-refractivity contribution < 1.29 is 4.79 Å². The molecule has 0 spiro atoms. The summed E-state index contributed by atoms with van der Waals surface area (Å²) in [7, 11) is 0. The predicted octanol–water partition coefficient (Wildman–Crippen LogP) is 2.58. The summed E-state index contributed by atoms with van der Waals surface area (Å²) in [5.74, 6) is 3.33. The quantitative estimate of drug-likeness (QED) is 0.664. The van der Waals surface area contributed by atoms with Crippen molar-refractivity contribution in [3.63, 3.8) is 0 Å². The third-order valence-corrected chi connectivity index (χ3v) is 5.65. The van der Waals surface area contributed by atoms with E-state index in [2.05, 4.69) is 4.90 Å². The number of hydrogen-bond donors (Lipinski definition) is 0. The molecular formula is C14H21NO. The predicted molar refractivity (Wildman–Crippen MR) is 61.9 cm³/mol. The molecule has 4 aliphatic carbocycles. The molecule has 2 nitrogen and oxygen atoms in total. The molecule has 1 heterocycles. The first-order valence-electron chi connectivity index (χ1n) is 7.06. The van der Waals surface area contributed by atoms with Gasteiger partial charge in [-0.2, -0.15) is 0 Å². The molecular weight excluding hydrogens is 198 g/mol. The number of likely N-dealkylation sites (tertiary alicyclic amines) is 1. The lowest BCUT2D eigenvalue weighted by atomic mass is 9.52. The topological polar surface area (TPSA) is 20.3 Å². The average Bonchev–Trinajstić information content (AvgIpc) is 2.62. The summed E-state index contributed by atoms with van der Waals surface area (Å²) in [4.78, 5) is 14.3. The maximum Gasteiger partial charge on any atom is 0.223 e. The van der Waals surface area contributed by atoms with Gasteiger partial charge in [0.1, 0.15) is 0 Å². The van der Waals surface area contributed by atoms with E-state index < -0.39 is 0 Å². The summed E-state index contributed by atoms with van der Waals surface area (Å²) in [5.41, 5.74) is 0.336. The van der Waals surface area contributed by atoms with Gasteiger partial charge >= 0.3 is 0 Å². The molecule has 5 rings (SSSR count). The number of amides is 1. The Morgan fingerprint density at radius 1 is 1.00 bits per heavy atom. The average molecular weight is 219 g/mol. The highest BCUT2D eigenvalue weighted by molar-refractivity contribution is 5.79. The molecule has 0 atom stereocenters. The van der Waals surface area contributed by atoms with Gasteiger partial charge in [0.2, 0.25) is 5.91 Å². The first kappa shape index (κ1) is 9.49. The van der Waals surface area contributed by atoms with E-state index in [-0.39, 0.29) is 0 Å². The standard InChI is InChI=1S/C14H21NO/c16-13-2-1-3-15(13)14-7-10-4-11(8-14)6-12(5-10)9-14/h10-12H,1-9H2. The van der Waals surface area contributed by atoms with Crippen molar-refractivity contribution in [1.29, 1.82) is 0 Å². The Kier molecular flexibility index (Phi) is 1.79. The smallest absolute Gasteiger partial charge is 0.223 e. The van der Waals surface area contributed by atoms with Gasteiger partial charge in [-0.3, -0.25) is 4.79 Å². The van der Waals surface area contributed by atoms with E-state index in [9.17, 15) is 4.79 Å². The zero-order valence-corrected chi connectivity index (χ0v) is 9.95. The molecule has 16 heavy (non-hydrogen) atoms. The van der Waals surface area contributed by atoms with Crippen LogP contribution in [-0.4, -0.2) is 22.9 Å². The Bertz CT molecular complexity index is 300. The minimum absolute atomic E-state index is 0.336. The Morgan fingerprint density at radius 2 is 1.56 bits per heavy atom. The van der Waals surface area contributed by atoms with E-state index >= 15 is 0 Å². The van der Waals surface area contributed by atoms with E-state index in [0.29, 0.717) is 11.4 Å². The first-order valence-corrected chi connectivity index (χ1v) is 7.06. The number of carbonyl (C=O) groups is 1. The third-order valence-electron chi connectivity index (χ3n) is 5.65. The third kappa shape index (κ3) is 1.16. The highest BCUT2D eigenvalue weighted by atomic mass is 16.2. The van der Waals surface area contributed by atoms with Gasteiger partial charge in [0, 0.05) is 18.5 Å². The first-order chi connectivity index (χ1) is 7.75. The Morgan fingerprint density at radius 3 is 2.00 bits per heavy atom. The fourth-order valence-corrected chi connectivity index (χ4v) is 5.55. The molecule has 0 aromatic heterocycles. The van der Waals surface area contributed by atoms with Crippen molar-refractivity contribution >= 4 is 5.91 Å². The minimum Gasteiger partial charge on any atom is -0.337 e. The van der Waals surface area contributed by atoms with Gasteiger partial charge in [0.25, 0.3) is 0 Å². The number of carbonyl (C=O) groups excluding carboxylic acids is 1. The molecule has 2 heteroatoms. The molecule has 0 unspecified atom stereocenters. The lowest BCUT2D eigenvalue weighted by Gasteiger charge is -2.59. The van der Waals surface area contributed by atoms with Crippen molar-refractivity contribution in [3.8, 4) is 0 Å². The number of rotatable bonds is 1. The maximum absolute atomic E-state index is 12.0. The largest absolute Gasteiger partial charge is 0.337 e. The number of hydrogen-bond acceptors (Lipinski definition) is 1. The molecule has 5 aliphatic rings. The van der Waals surface area contributed by atoms with Crippen LogP contribution >= 0.6 is 0 Å². The SMILES string of the molecule is O=C1CCCN1C12CC3CC(CC(C3)C1)C2. The fourth-order valence-electron chi connectivity index (χ4n) is 5.55. The lowest BCUT2D eigenvalue weighted by Crippen LogP contribution is -2.60. The van der Waals surface area contributed by atoms with Gasteiger partial charge in [-0.15, -0.1) is 0 Å². The summed E-state index contributed by atoms with van der Waals surface area (Å²) in [6.45, 7) is 1.06. The van der Waals surface area contributed by atoms with Gasteiger partial charge < -0.3 is 4.90 Å². The second-order valence-electron chi connectivity index (χ2n) is 6.79. The summed E-state index contributed by atoms with van der Waals surface area (Å²) in [5, 5.41) is 0. The Balaban J connectivity index is 1.68. The van der Waals surface area contributed by atoms with Crippen LogP contribution in [0, 0.1) is 17.8 Å². The zero-order chi connectivity index (χ0) is 10.8. The summed E-state index contributed by atoms with van der Waals surface area (Å²) in [6.07, 6.45) is 10.4. The second kappa shape index (κ2) is 3.02. The molecule has 4 saturated carbocycles. The highest BCUT2D eigenvalue weighted by Crippen LogP contribution is 2.58. The van der Waals surface area contributed by atoms with E-state index in [4.69, 9.17) is 0 Å². The molecule has 0 aromatic carbocycles. The molecule has 1 amide bonds. The van der Waals surface area contributed by atoms with Crippen LogP contribution in [0.25, 0.3) is 0 Å². The number of nitrogens with zero attached hydrogens (tertiary/aromatic N) is 1. The summed E-state index contributed by atoms with van der Waals surface area (Å²) >= 11 is 0. The molecule has 0 N–H and O–H groups in total. The molecule has 88 valence electrons. The van der Waals surface area contributed by atoms with E-state index in [1.807, 2.05) is 0 Å². The fraction of sp³-hybridized carbons (Fsp3) is 0.929. The van der Waals surface area contributed by atoms with Crippen LogP contribution < -0.4 is 0 Å². The van der Waals surface area contributed by atoms with Gasteiger partial charge in [0.05, 0.1) is 0 Å². The van der Waals surface area contributed by atoms with Gasteiger partial charge in [-0.1, -0.05) is 0 Å². The monoisotopic (exact) mass is 219 g/mol. The van der Waals surface area contributed by atoms with Gasteiger partial charge in [-0.25, -0.2) is 0 Å². The Hall–Kier alpha value is -0.530. The van der Waals surface area contributed by atoms with Crippen molar-refractivity contribution in [2.24, 2.45) is 17.8 Å². The van der Waals surface area contributed by atoms with Gasteiger partial charge in [0.15, 0.2) is 0 Å². The molecule has 1 aliphatic heterocycles. The van der Waals surface area contributed by atoms with Crippen molar-refractivity contribution in [3.05, 3.63) is 0 Å². The second-order valence-corrected chi connectivity index (χ2v) is 6.79. The zero-order valence-electron chi connectivity index (χ0n) is 9.95. The van der Waals surface area contributed by atoms with Crippen LogP contribution in [0.3, 0.4) is 0 Å². The van der Waals surface area contributed by atoms with Crippen LogP contribution in [0.4, 0.5) is 0 Å². The lowest BCUT2D eigenvalue weighted by molar-refractivity contribution is -0.145. The Labute approximate surface area is 97.4 Å². The summed E-state index contributed by atoms with van der Waals surface area (Å²) in [6, 6.07) is 0. The van der Waals surface area contributed by atoms with E-state index in [1.54, 1.807) is 0 Å². The van der Waals surface area contributed by atoms with Crippen LogP contribution in [0.5, 0.6) is 0 Å². The molecule has 1 saturated heterocycles. The van der Waals surface area contributed by atoms with Crippen LogP contribution in [0.1, 0.15) is 51.4 Å². The summed E-state index contributed by atoms with van der Waals surface area (Å²) < 4.78 is 0. The molecule has 5 fully saturated rings. The molecule has 4 bridgehead atoms. The normalized spacial score (nSPS) is 50.4. The molecule has 0 radical (unpaired) electrons. The van der Waals surface area contributed by atoms with Crippen molar-refractivity contribution in [2.75, 3.05) is 6.54 Å². The maximum atomic E-state index is 12.0. The van der Waals surface area contributed by atoms with Crippen molar-refractivity contribution in [2.45, 2.75) is 56.9 Å². The minimum atomic E-state index is 0.336. The van der Waals surface area contributed by atoms with E-state index in [1.165, 1.54) is 38.5 Å². The van der Waals surface area contributed by atoms with Gasteiger partial charge in [-0.05, 0) is 62.7 Å². The highest BCUT2D eigenvalue weighted by Gasteiger charge is 2.55. The van der Waals surface area contributed by atoms with Crippen LogP contribution in [0.15, 0.2) is 0 Å². The van der Waals surface area contributed by atoms with E-state index in [0.717, 1.165) is 37.1 Å². The molecule has 0 aromatic rings. The van der Waals surface area contributed by atoms with Crippen molar-refractivity contribution in [1.82, 2.24) is 4.90 Å². The van der Waals surface area contributed by atoms with Crippen LogP contribution in [-0.2, 0) is 4.79 Å². The van der Waals surface area contributed by atoms with Crippen LogP contribution in [0.2, 0.25) is 0 Å².